The standard InChI is InChI=1S/C15H22N4/c1-8-13(16)18-15(11-6-7-11)19-14(8)17-12(9-2-3-9)10-4-5-10/h9-12H,2-7H2,1H3,(H3,16,17,18,19). The minimum atomic E-state index is 0.559. The average molecular weight is 258 g/mol. The first kappa shape index (κ1) is 11.5. The van der Waals surface area contributed by atoms with Gasteiger partial charge in [-0.05, 0) is 57.3 Å². The molecule has 4 nitrogen and oxygen atoms in total. The molecule has 0 radical (unpaired) electrons. The van der Waals surface area contributed by atoms with Crippen LogP contribution in [0, 0.1) is 18.8 Å². The molecule has 3 fully saturated rings. The molecule has 102 valence electrons. The maximum absolute atomic E-state index is 6.06. The van der Waals surface area contributed by atoms with Crippen LogP contribution < -0.4 is 11.1 Å². The lowest BCUT2D eigenvalue weighted by Gasteiger charge is -2.20. The summed E-state index contributed by atoms with van der Waals surface area (Å²) >= 11 is 0. The van der Waals surface area contributed by atoms with Gasteiger partial charge < -0.3 is 11.1 Å². The van der Waals surface area contributed by atoms with Gasteiger partial charge in [-0.1, -0.05) is 0 Å². The smallest absolute Gasteiger partial charge is 0.136 e. The summed E-state index contributed by atoms with van der Waals surface area (Å²) in [5.74, 6) is 4.91. The Bertz CT molecular complexity index is 489. The maximum Gasteiger partial charge on any atom is 0.136 e. The number of anilines is 2. The Kier molecular flexibility index (Phi) is 2.47. The van der Waals surface area contributed by atoms with Gasteiger partial charge in [-0.15, -0.1) is 0 Å². The van der Waals surface area contributed by atoms with Crippen molar-refractivity contribution in [2.45, 2.75) is 57.4 Å². The van der Waals surface area contributed by atoms with E-state index in [1.54, 1.807) is 0 Å². The molecule has 1 aromatic rings. The van der Waals surface area contributed by atoms with E-state index in [4.69, 9.17) is 10.7 Å². The van der Waals surface area contributed by atoms with E-state index in [9.17, 15) is 0 Å². The van der Waals surface area contributed by atoms with E-state index in [0.29, 0.717) is 17.8 Å². The van der Waals surface area contributed by atoms with Crippen molar-refractivity contribution in [3.8, 4) is 0 Å². The van der Waals surface area contributed by atoms with Gasteiger partial charge >= 0.3 is 0 Å². The Balaban J connectivity index is 1.61. The number of hydrogen-bond donors (Lipinski definition) is 2. The number of nitrogens with one attached hydrogen (secondary N) is 1. The molecule has 3 aliphatic carbocycles. The summed E-state index contributed by atoms with van der Waals surface area (Å²) in [4.78, 5) is 9.20. The normalized spacial score (nSPS) is 22.8. The fourth-order valence-electron chi connectivity index (χ4n) is 2.91. The summed E-state index contributed by atoms with van der Waals surface area (Å²) in [5.41, 5.74) is 7.08. The summed E-state index contributed by atoms with van der Waals surface area (Å²) < 4.78 is 0. The highest BCUT2D eigenvalue weighted by Crippen LogP contribution is 2.46. The van der Waals surface area contributed by atoms with Crippen LogP contribution in [0.2, 0.25) is 0 Å². The molecule has 0 aliphatic heterocycles. The van der Waals surface area contributed by atoms with Crippen molar-refractivity contribution in [2.24, 2.45) is 11.8 Å². The Morgan fingerprint density at radius 2 is 1.68 bits per heavy atom. The highest BCUT2D eigenvalue weighted by atomic mass is 15.1. The van der Waals surface area contributed by atoms with Crippen LogP contribution in [0.25, 0.3) is 0 Å². The molecule has 3 N–H and O–H groups in total. The SMILES string of the molecule is Cc1c(N)nc(C2CC2)nc1NC(C1CC1)C1CC1. The molecule has 3 aliphatic rings. The zero-order valence-electron chi connectivity index (χ0n) is 11.5. The third kappa shape index (κ3) is 2.28. The first-order valence-electron chi connectivity index (χ1n) is 7.63. The lowest BCUT2D eigenvalue weighted by molar-refractivity contribution is 0.564. The summed E-state index contributed by atoms with van der Waals surface area (Å²) in [6.07, 6.45) is 7.95. The van der Waals surface area contributed by atoms with Crippen molar-refractivity contribution >= 4 is 11.6 Å². The van der Waals surface area contributed by atoms with Crippen molar-refractivity contribution in [1.82, 2.24) is 9.97 Å². The molecule has 1 aromatic heterocycles. The third-order valence-corrected chi connectivity index (χ3v) is 4.71. The molecule has 4 rings (SSSR count). The van der Waals surface area contributed by atoms with Crippen LogP contribution in [-0.2, 0) is 0 Å². The van der Waals surface area contributed by atoms with Crippen LogP contribution in [0.3, 0.4) is 0 Å². The minimum absolute atomic E-state index is 0.559. The fourth-order valence-corrected chi connectivity index (χ4v) is 2.91. The maximum atomic E-state index is 6.06. The topological polar surface area (TPSA) is 63.8 Å². The molecule has 0 saturated heterocycles. The van der Waals surface area contributed by atoms with Gasteiger partial charge in [-0.25, -0.2) is 9.97 Å². The van der Waals surface area contributed by atoms with Gasteiger partial charge in [-0.3, -0.25) is 0 Å². The first-order chi connectivity index (χ1) is 9.22. The van der Waals surface area contributed by atoms with E-state index >= 15 is 0 Å². The summed E-state index contributed by atoms with van der Waals surface area (Å²) in [6.45, 7) is 2.03. The Labute approximate surface area is 114 Å². The highest BCUT2D eigenvalue weighted by Gasteiger charge is 2.42. The first-order valence-corrected chi connectivity index (χ1v) is 7.63. The van der Waals surface area contributed by atoms with E-state index < -0.39 is 0 Å². The van der Waals surface area contributed by atoms with E-state index in [-0.39, 0.29) is 0 Å². The van der Waals surface area contributed by atoms with Crippen molar-refractivity contribution in [3.63, 3.8) is 0 Å². The zero-order valence-corrected chi connectivity index (χ0v) is 11.5. The molecule has 3 saturated carbocycles. The highest BCUT2D eigenvalue weighted by molar-refractivity contribution is 5.56. The second-order valence-corrected chi connectivity index (χ2v) is 6.56. The molecule has 0 atom stereocenters. The quantitative estimate of drug-likeness (QED) is 0.852. The summed E-state index contributed by atoms with van der Waals surface area (Å²) in [6, 6.07) is 0.625. The second-order valence-electron chi connectivity index (χ2n) is 6.56. The number of nitrogens with zero attached hydrogens (tertiary/aromatic N) is 2. The molecule has 4 heteroatoms. The number of nitrogens with two attached hydrogens (primary N) is 1. The Hall–Kier alpha value is -1.32. The van der Waals surface area contributed by atoms with Crippen LogP contribution in [0.5, 0.6) is 0 Å². The lowest BCUT2D eigenvalue weighted by atomic mass is 10.1. The van der Waals surface area contributed by atoms with Gasteiger partial charge in [0.15, 0.2) is 0 Å². The largest absolute Gasteiger partial charge is 0.383 e. The molecule has 0 unspecified atom stereocenters. The molecule has 1 heterocycles. The van der Waals surface area contributed by atoms with E-state index in [1.165, 1.54) is 38.5 Å². The molecule has 0 aromatic carbocycles. The van der Waals surface area contributed by atoms with Crippen LogP contribution in [0.4, 0.5) is 11.6 Å². The van der Waals surface area contributed by atoms with Crippen LogP contribution in [-0.4, -0.2) is 16.0 Å². The third-order valence-electron chi connectivity index (χ3n) is 4.71. The number of rotatable bonds is 5. The van der Waals surface area contributed by atoms with Crippen LogP contribution in [0.1, 0.15) is 55.8 Å². The molecular weight excluding hydrogens is 236 g/mol. The Morgan fingerprint density at radius 3 is 2.21 bits per heavy atom. The minimum Gasteiger partial charge on any atom is -0.383 e. The predicted molar refractivity (Wildman–Crippen MR) is 76.0 cm³/mol. The van der Waals surface area contributed by atoms with Gasteiger partial charge in [0.25, 0.3) is 0 Å². The average Bonchev–Trinajstić information content (AvgIpc) is 3.28. The predicted octanol–water partition coefficient (Wildman–Crippen LogP) is 2.85. The van der Waals surface area contributed by atoms with E-state index in [1.807, 2.05) is 6.92 Å². The molecule has 0 spiro atoms. The van der Waals surface area contributed by atoms with Crippen LogP contribution in [0.15, 0.2) is 0 Å². The monoisotopic (exact) mass is 258 g/mol. The zero-order chi connectivity index (χ0) is 13.0. The summed E-state index contributed by atoms with van der Waals surface area (Å²) in [5, 5.41) is 3.70. The fraction of sp³-hybridized carbons (Fsp3) is 0.733. The second kappa shape index (κ2) is 4.09. The van der Waals surface area contributed by atoms with Crippen molar-refractivity contribution < 1.29 is 0 Å². The van der Waals surface area contributed by atoms with Crippen molar-refractivity contribution in [3.05, 3.63) is 11.4 Å². The molecule has 19 heavy (non-hydrogen) atoms. The molecule has 0 bridgehead atoms. The van der Waals surface area contributed by atoms with Gasteiger partial charge in [0.1, 0.15) is 17.5 Å². The van der Waals surface area contributed by atoms with Gasteiger partial charge in [0, 0.05) is 17.5 Å². The van der Waals surface area contributed by atoms with Gasteiger partial charge in [-0.2, -0.15) is 0 Å². The summed E-state index contributed by atoms with van der Waals surface area (Å²) in [7, 11) is 0. The molecule has 0 amide bonds. The number of hydrogen-bond acceptors (Lipinski definition) is 4. The Morgan fingerprint density at radius 1 is 1.05 bits per heavy atom. The molecular formula is C15H22N4. The van der Waals surface area contributed by atoms with Gasteiger partial charge in [0.2, 0.25) is 0 Å². The van der Waals surface area contributed by atoms with E-state index in [2.05, 4.69) is 10.3 Å². The lowest BCUT2D eigenvalue weighted by Crippen LogP contribution is -2.26. The van der Waals surface area contributed by atoms with E-state index in [0.717, 1.165) is 29.0 Å². The van der Waals surface area contributed by atoms with Gasteiger partial charge in [0.05, 0.1) is 0 Å². The van der Waals surface area contributed by atoms with Crippen molar-refractivity contribution in [1.29, 1.82) is 0 Å². The van der Waals surface area contributed by atoms with Crippen LogP contribution >= 0.6 is 0 Å². The number of nitrogen functional groups attached to an aromatic ring is 1. The van der Waals surface area contributed by atoms with Crippen molar-refractivity contribution in [2.75, 3.05) is 11.1 Å². The number of aromatic nitrogens is 2.